The summed E-state index contributed by atoms with van der Waals surface area (Å²) < 4.78 is 5.58. The monoisotopic (exact) mass is 353 g/mol. The van der Waals surface area contributed by atoms with Crippen LogP contribution in [-0.2, 0) is 0 Å². The number of amides is 2. The topological polar surface area (TPSA) is 65.0 Å². The second-order valence-electron chi connectivity index (χ2n) is 6.38. The van der Waals surface area contributed by atoms with E-state index in [2.05, 4.69) is 10.2 Å². The smallest absolute Gasteiger partial charge is 0.317 e. The van der Waals surface area contributed by atoms with Crippen LogP contribution in [0.4, 0.5) is 4.79 Å². The zero-order valence-corrected chi connectivity index (χ0v) is 14.4. The van der Waals surface area contributed by atoms with Crippen molar-refractivity contribution in [1.82, 2.24) is 15.1 Å². The molecule has 2 fully saturated rings. The Balaban J connectivity index is 1.37. The molecule has 0 aromatic heterocycles. The Morgan fingerprint density at radius 3 is 2.58 bits per heavy atom. The van der Waals surface area contributed by atoms with Crippen LogP contribution in [0.1, 0.15) is 12.8 Å². The van der Waals surface area contributed by atoms with Crippen molar-refractivity contribution >= 4 is 17.6 Å². The van der Waals surface area contributed by atoms with E-state index >= 15 is 0 Å². The molecule has 1 atom stereocenters. The Hall–Kier alpha value is -1.50. The molecule has 1 unspecified atom stereocenters. The highest BCUT2D eigenvalue weighted by Crippen LogP contribution is 2.19. The van der Waals surface area contributed by atoms with Crippen LogP contribution < -0.4 is 10.1 Å². The highest BCUT2D eigenvalue weighted by atomic mass is 35.5. The highest BCUT2D eigenvalue weighted by molar-refractivity contribution is 6.30. The number of rotatable bonds is 6. The van der Waals surface area contributed by atoms with Crippen LogP contribution in [0.15, 0.2) is 24.3 Å². The Labute approximate surface area is 147 Å². The number of hydrogen-bond acceptors (Lipinski definition) is 4. The van der Waals surface area contributed by atoms with Crippen molar-refractivity contribution in [3.8, 4) is 5.75 Å². The Bertz CT molecular complexity index is 547. The average molecular weight is 354 g/mol. The Kier molecular flexibility index (Phi) is 5.81. The molecule has 2 amide bonds. The molecule has 0 spiro atoms. The molecule has 2 heterocycles. The van der Waals surface area contributed by atoms with E-state index in [9.17, 15) is 9.90 Å². The molecular weight excluding hydrogens is 330 g/mol. The van der Waals surface area contributed by atoms with E-state index in [1.807, 2.05) is 4.90 Å². The third kappa shape index (κ3) is 4.53. The number of benzene rings is 1. The van der Waals surface area contributed by atoms with Gasteiger partial charge in [-0.05, 0) is 37.1 Å². The molecule has 132 valence electrons. The van der Waals surface area contributed by atoms with Crippen molar-refractivity contribution in [3.05, 3.63) is 29.3 Å². The van der Waals surface area contributed by atoms with Crippen LogP contribution >= 0.6 is 11.6 Å². The molecule has 2 aliphatic heterocycles. The first kappa shape index (κ1) is 17.3. The lowest BCUT2D eigenvalue weighted by atomic mass is 10.0. The summed E-state index contributed by atoms with van der Waals surface area (Å²) in [5.74, 6) is 0.706. The van der Waals surface area contributed by atoms with E-state index in [4.69, 9.17) is 16.3 Å². The van der Waals surface area contributed by atoms with Gasteiger partial charge in [0.1, 0.15) is 18.5 Å². The minimum absolute atomic E-state index is 0.0600. The quantitative estimate of drug-likeness (QED) is 0.814. The number of carbonyl (C=O) groups is 1. The fourth-order valence-corrected chi connectivity index (χ4v) is 3.45. The van der Waals surface area contributed by atoms with Gasteiger partial charge in [-0.1, -0.05) is 11.6 Å². The highest BCUT2D eigenvalue weighted by Gasteiger charge is 2.30. The van der Waals surface area contributed by atoms with Gasteiger partial charge in [0.2, 0.25) is 0 Å². The van der Waals surface area contributed by atoms with E-state index < -0.39 is 6.10 Å². The number of aliphatic hydroxyl groups is 1. The number of aliphatic hydroxyl groups excluding tert-OH is 1. The molecule has 24 heavy (non-hydrogen) atoms. The summed E-state index contributed by atoms with van der Waals surface area (Å²) in [6.07, 6.45) is 1.38. The first-order chi connectivity index (χ1) is 11.6. The van der Waals surface area contributed by atoms with Gasteiger partial charge in [0.25, 0.3) is 0 Å². The molecule has 0 saturated carbocycles. The maximum Gasteiger partial charge on any atom is 0.317 e. The maximum atomic E-state index is 11.7. The largest absolute Gasteiger partial charge is 0.491 e. The SMILES string of the molecule is O=C1NCCN1C1CCN(CC(O)COc2ccc(Cl)cc2)CC1. The maximum absolute atomic E-state index is 11.7. The second kappa shape index (κ2) is 8.05. The summed E-state index contributed by atoms with van der Waals surface area (Å²) in [6, 6.07) is 7.50. The van der Waals surface area contributed by atoms with Crippen molar-refractivity contribution < 1.29 is 14.6 Å². The van der Waals surface area contributed by atoms with E-state index in [1.54, 1.807) is 24.3 Å². The molecule has 0 bridgehead atoms. The van der Waals surface area contributed by atoms with Crippen molar-refractivity contribution in [2.75, 3.05) is 39.3 Å². The van der Waals surface area contributed by atoms with Crippen molar-refractivity contribution in [2.45, 2.75) is 25.0 Å². The number of ether oxygens (including phenoxy) is 1. The summed E-state index contributed by atoms with van der Waals surface area (Å²) in [5.41, 5.74) is 0. The van der Waals surface area contributed by atoms with Crippen LogP contribution in [0.2, 0.25) is 5.02 Å². The summed E-state index contributed by atoms with van der Waals surface area (Å²) >= 11 is 5.83. The molecule has 0 radical (unpaired) electrons. The van der Waals surface area contributed by atoms with E-state index in [1.165, 1.54) is 0 Å². The van der Waals surface area contributed by atoms with Crippen molar-refractivity contribution in [3.63, 3.8) is 0 Å². The van der Waals surface area contributed by atoms with Gasteiger partial charge >= 0.3 is 6.03 Å². The summed E-state index contributed by atoms with van der Waals surface area (Å²) in [6.45, 7) is 4.20. The number of urea groups is 1. The molecule has 2 aliphatic rings. The van der Waals surface area contributed by atoms with Gasteiger partial charge in [-0.15, -0.1) is 0 Å². The number of nitrogens with zero attached hydrogens (tertiary/aromatic N) is 2. The van der Waals surface area contributed by atoms with Gasteiger partial charge in [0, 0.05) is 43.8 Å². The number of piperidine rings is 1. The van der Waals surface area contributed by atoms with E-state index in [-0.39, 0.29) is 12.6 Å². The fraction of sp³-hybridized carbons (Fsp3) is 0.588. The van der Waals surface area contributed by atoms with Crippen LogP contribution in [0.25, 0.3) is 0 Å². The van der Waals surface area contributed by atoms with Crippen LogP contribution in [0, 0.1) is 0 Å². The molecular formula is C17H24ClN3O3. The lowest BCUT2D eigenvalue weighted by Gasteiger charge is -2.36. The number of β-amino-alcohol motifs (C(OH)–C–C–N with tert-alkyl or cyclic N) is 1. The molecule has 7 heteroatoms. The van der Waals surface area contributed by atoms with Gasteiger partial charge in [-0.3, -0.25) is 0 Å². The fourth-order valence-electron chi connectivity index (χ4n) is 3.32. The minimum atomic E-state index is -0.535. The van der Waals surface area contributed by atoms with E-state index in [0.29, 0.717) is 23.4 Å². The van der Waals surface area contributed by atoms with E-state index in [0.717, 1.165) is 39.0 Å². The van der Waals surface area contributed by atoms with Crippen LogP contribution in [0.5, 0.6) is 5.75 Å². The van der Waals surface area contributed by atoms with Crippen molar-refractivity contribution in [2.24, 2.45) is 0 Å². The second-order valence-corrected chi connectivity index (χ2v) is 6.81. The third-order valence-corrected chi connectivity index (χ3v) is 4.86. The number of likely N-dealkylation sites (tertiary alicyclic amines) is 1. The Morgan fingerprint density at radius 2 is 1.96 bits per heavy atom. The minimum Gasteiger partial charge on any atom is -0.491 e. The van der Waals surface area contributed by atoms with Gasteiger partial charge in [0.15, 0.2) is 0 Å². The van der Waals surface area contributed by atoms with Crippen molar-refractivity contribution in [1.29, 1.82) is 0 Å². The molecule has 1 aromatic carbocycles. The number of nitrogens with one attached hydrogen (secondary N) is 1. The number of carbonyl (C=O) groups excluding carboxylic acids is 1. The molecule has 0 aliphatic carbocycles. The first-order valence-electron chi connectivity index (χ1n) is 8.45. The molecule has 2 saturated heterocycles. The lowest BCUT2D eigenvalue weighted by Crippen LogP contribution is -2.48. The lowest BCUT2D eigenvalue weighted by molar-refractivity contribution is 0.0508. The van der Waals surface area contributed by atoms with Gasteiger partial charge in [-0.25, -0.2) is 4.79 Å². The summed E-state index contributed by atoms with van der Waals surface area (Å²) in [7, 11) is 0. The predicted molar refractivity (Wildman–Crippen MR) is 92.5 cm³/mol. The van der Waals surface area contributed by atoms with Crippen LogP contribution in [-0.4, -0.2) is 72.4 Å². The molecule has 6 nitrogen and oxygen atoms in total. The van der Waals surface area contributed by atoms with Gasteiger partial charge < -0.3 is 25.0 Å². The molecule has 2 N–H and O–H groups in total. The van der Waals surface area contributed by atoms with Crippen LogP contribution in [0.3, 0.4) is 0 Å². The zero-order chi connectivity index (χ0) is 16.9. The van der Waals surface area contributed by atoms with Gasteiger partial charge in [0.05, 0.1) is 0 Å². The zero-order valence-electron chi connectivity index (χ0n) is 13.7. The molecule has 3 rings (SSSR count). The Morgan fingerprint density at radius 1 is 1.25 bits per heavy atom. The summed E-state index contributed by atoms with van der Waals surface area (Å²) in [5, 5.41) is 13.7. The third-order valence-electron chi connectivity index (χ3n) is 4.61. The van der Waals surface area contributed by atoms with Gasteiger partial charge in [-0.2, -0.15) is 0 Å². The summed E-state index contributed by atoms with van der Waals surface area (Å²) in [4.78, 5) is 15.9. The molecule has 1 aromatic rings. The average Bonchev–Trinajstić information content (AvgIpc) is 3.01. The standard InChI is InChI=1S/C17H24ClN3O3/c18-13-1-3-16(4-2-13)24-12-15(22)11-20-8-5-14(6-9-20)21-10-7-19-17(21)23/h1-4,14-15,22H,5-12H2,(H,19,23). The predicted octanol–water partition coefficient (Wildman–Crippen LogP) is 1.57. The number of hydrogen-bond donors (Lipinski definition) is 2. The number of halogens is 1. The normalized spacial score (nSPS) is 20.9. The first-order valence-corrected chi connectivity index (χ1v) is 8.83.